The maximum atomic E-state index is 14.9. The van der Waals surface area contributed by atoms with Gasteiger partial charge in [0.1, 0.15) is 18.3 Å². The van der Waals surface area contributed by atoms with Crippen LogP contribution in [0.3, 0.4) is 0 Å². The molecule has 0 spiro atoms. The summed E-state index contributed by atoms with van der Waals surface area (Å²) in [4.78, 5) is 45.5. The summed E-state index contributed by atoms with van der Waals surface area (Å²) >= 11 is 1.56. The third-order valence-electron chi connectivity index (χ3n) is 7.16. The third-order valence-corrected chi connectivity index (χ3v) is 8.14. The molecule has 1 aromatic heterocycles. The topological polar surface area (TPSA) is 91.4 Å². The van der Waals surface area contributed by atoms with E-state index in [0.717, 1.165) is 27.3 Å². The van der Waals surface area contributed by atoms with E-state index in [-0.39, 0.29) is 32.4 Å². The van der Waals surface area contributed by atoms with Crippen LogP contribution < -0.4 is 10.6 Å². The summed E-state index contributed by atoms with van der Waals surface area (Å²) in [7, 11) is 0. The molecule has 10 heteroatoms. The van der Waals surface area contributed by atoms with Crippen molar-refractivity contribution in [1.82, 2.24) is 20.5 Å². The molecular weight excluding hydrogens is 498 g/mol. The minimum atomic E-state index is -1.94. The fraction of sp³-hybridized carbons (Fsp3) is 0.556. The molecule has 7 nitrogen and oxygen atoms in total. The van der Waals surface area contributed by atoms with Gasteiger partial charge in [0.15, 0.2) is 5.67 Å². The molecule has 1 saturated heterocycles. The minimum Gasteiger partial charge on any atom is -0.350 e. The van der Waals surface area contributed by atoms with Crippen LogP contribution >= 0.6 is 11.3 Å². The number of halogens is 2. The normalized spacial score (nSPS) is 21.4. The van der Waals surface area contributed by atoms with Crippen LogP contribution in [0.5, 0.6) is 0 Å². The summed E-state index contributed by atoms with van der Waals surface area (Å²) in [5, 5.41) is 5.32. The Kier molecular flexibility index (Phi) is 7.43. The molecule has 3 amide bonds. The lowest BCUT2D eigenvalue weighted by Crippen LogP contribution is -2.59. The Hall–Kier alpha value is -2.88. The van der Waals surface area contributed by atoms with E-state index in [4.69, 9.17) is 0 Å². The largest absolute Gasteiger partial charge is 0.350 e. The van der Waals surface area contributed by atoms with Crippen LogP contribution in [0.2, 0.25) is 0 Å². The van der Waals surface area contributed by atoms with Gasteiger partial charge in [-0.2, -0.15) is 0 Å². The highest BCUT2D eigenvalue weighted by atomic mass is 32.1. The Morgan fingerprint density at radius 2 is 1.95 bits per heavy atom. The van der Waals surface area contributed by atoms with Crippen molar-refractivity contribution in [2.24, 2.45) is 5.41 Å². The first kappa shape index (κ1) is 27.2. The minimum absolute atomic E-state index is 0.0175. The lowest BCUT2D eigenvalue weighted by molar-refractivity contribution is -0.145. The SMILES string of the molecule is Cc1cc(-c2scnc2C)ccc1CNC(=O)C1[C@@H](F)CCN1C(=O)C(NC(=O)C1(F)CC1)C(C)(C)C. The number of benzene rings is 1. The zero-order valence-corrected chi connectivity index (χ0v) is 22.7. The number of nitrogens with one attached hydrogen (secondary N) is 2. The number of likely N-dealkylation sites (tertiary alicyclic amines) is 1. The monoisotopic (exact) mass is 532 g/mol. The molecule has 1 aliphatic heterocycles. The number of alkyl halides is 2. The Labute approximate surface area is 220 Å². The van der Waals surface area contributed by atoms with Crippen LogP contribution in [0.15, 0.2) is 23.7 Å². The number of hydrogen-bond acceptors (Lipinski definition) is 5. The number of carbonyl (C=O) groups excluding carboxylic acids is 3. The van der Waals surface area contributed by atoms with Gasteiger partial charge in [0, 0.05) is 13.1 Å². The van der Waals surface area contributed by atoms with Crippen LogP contribution in [-0.4, -0.2) is 58.1 Å². The van der Waals surface area contributed by atoms with Crippen molar-refractivity contribution in [3.8, 4) is 10.4 Å². The van der Waals surface area contributed by atoms with Crippen LogP contribution in [0.4, 0.5) is 8.78 Å². The van der Waals surface area contributed by atoms with Gasteiger partial charge in [0.05, 0.1) is 16.1 Å². The van der Waals surface area contributed by atoms with E-state index in [1.54, 1.807) is 37.6 Å². The Morgan fingerprint density at radius 3 is 2.51 bits per heavy atom. The zero-order chi connectivity index (χ0) is 27.1. The van der Waals surface area contributed by atoms with Gasteiger partial charge in [0.25, 0.3) is 5.91 Å². The quantitative estimate of drug-likeness (QED) is 0.564. The van der Waals surface area contributed by atoms with E-state index in [9.17, 15) is 23.2 Å². The van der Waals surface area contributed by atoms with Gasteiger partial charge in [-0.15, -0.1) is 11.3 Å². The number of thiazole rings is 1. The maximum absolute atomic E-state index is 14.9. The second-order valence-electron chi connectivity index (χ2n) is 11.1. The lowest BCUT2D eigenvalue weighted by atomic mass is 9.85. The molecule has 1 aliphatic carbocycles. The zero-order valence-electron chi connectivity index (χ0n) is 21.9. The molecule has 1 aromatic carbocycles. The first-order chi connectivity index (χ1) is 17.3. The summed E-state index contributed by atoms with van der Waals surface area (Å²) in [6.07, 6.45) is -1.27. The Bertz CT molecular complexity index is 1200. The van der Waals surface area contributed by atoms with Crippen LogP contribution in [0.25, 0.3) is 10.4 Å². The van der Waals surface area contributed by atoms with Gasteiger partial charge in [-0.3, -0.25) is 14.4 Å². The van der Waals surface area contributed by atoms with E-state index in [1.807, 2.05) is 32.0 Å². The van der Waals surface area contributed by atoms with Crippen molar-refractivity contribution in [2.75, 3.05) is 6.54 Å². The van der Waals surface area contributed by atoms with Crippen molar-refractivity contribution in [3.05, 3.63) is 40.5 Å². The molecule has 0 bridgehead atoms. The second kappa shape index (κ2) is 10.1. The summed E-state index contributed by atoms with van der Waals surface area (Å²) in [6.45, 7) is 9.35. The average molecular weight is 533 g/mol. The van der Waals surface area contributed by atoms with Gasteiger partial charge in [0.2, 0.25) is 11.8 Å². The highest BCUT2D eigenvalue weighted by molar-refractivity contribution is 7.13. The van der Waals surface area contributed by atoms with E-state index in [0.29, 0.717) is 0 Å². The van der Waals surface area contributed by atoms with Crippen LogP contribution in [0, 0.1) is 19.3 Å². The van der Waals surface area contributed by atoms with Crippen LogP contribution in [-0.2, 0) is 20.9 Å². The van der Waals surface area contributed by atoms with Gasteiger partial charge in [-0.1, -0.05) is 39.0 Å². The van der Waals surface area contributed by atoms with Gasteiger partial charge in [-0.05, 0) is 55.2 Å². The summed E-state index contributed by atoms with van der Waals surface area (Å²) in [5.74, 6) is -2.00. The number of carbonyl (C=O) groups is 3. The standard InChI is InChI=1S/C27H34F2N4O3S/c1-15-12-17(21-16(2)31-14-37-21)6-7-18(15)13-30-23(34)20-19(28)8-11-33(20)24(35)22(26(3,4)5)32-25(36)27(29)9-10-27/h6-7,12,14,19-20,22H,8-11,13H2,1-5H3,(H,30,34)(H,32,36)/t19-,20?,22?/m0/s1. The molecule has 4 rings (SSSR count). The fourth-order valence-corrected chi connectivity index (χ4v) is 5.42. The molecular formula is C27H34F2N4O3S. The van der Waals surface area contributed by atoms with Crippen molar-refractivity contribution >= 4 is 29.1 Å². The first-order valence-corrected chi connectivity index (χ1v) is 13.4. The first-order valence-electron chi connectivity index (χ1n) is 12.5. The van der Waals surface area contributed by atoms with Crippen molar-refractivity contribution in [2.45, 2.75) is 84.4 Å². The molecule has 37 heavy (non-hydrogen) atoms. The van der Waals surface area contributed by atoms with Gasteiger partial charge in [-0.25, -0.2) is 13.8 Å². The number of hydrogen-bond donors (Lipinski definition) is 2. The highest BCUT2D eigenvalue weighted by Crippen LogP contribution is 2.40. The van der Waals surface area contributed by atoms with E-state index < -0.39 is 47.1 Å². The van der Waals surface area contributed by atoms with Gasteiger partial charge >= 0.3 is 0 Å². The van der Waals surface area contributed by atoms with E-state index in [2.05, 4.69) is 15.6 Å². The summed E-state index contributed by atoms with van der Waals surface area (Å²) in [6, 6.07) is 3.52. The molecule has 2 aliphatic rings. The second-order valence-corrected chi connectivity index (χ2v) is 12.0. The molecule has 2 fully saturated rings. The predicted octanol–water partition coefficient (Wildman–Crippen LogP) is 4.02. The molecule has 0 radical (unpaired) electrons. The molecule has 2 unspecified atom stereocenters. The average Bonchev–Trinajstić information content (AvgIpc) is 3.24. The Balaban J connectivity index is 1.45. The third kappa shape index (κ3) is 5.68. The van der Waals surface area contributed by atoms with E-state index in [1.165, 1.54) is 4.90 Å². The number of rotatable bonds is 7. The van der Waals surface area contributed by atoms with Crippen molar-refractivity contribution < 1.29 is 23.2 Å². The number of amides is 3. The Morgan fingerprint density at radius 1 is 1.24 bits per heavy atom. The molecule has 3 atom stereocenters. The van der Waals surface area contributed by atoms with Crippen molar-refractivity contribution in [3.63, 3.8) is 0 Å². The van der Waals surface area contributed by atoms with E-state index >= 15 is 0 Å². The summed E-state index contributed by atoms with van der Waals surface area (Å²) in [5.41, 5.74) is 2.94. The molecule has 2 heterocycles. The highest BCUT2D eigenvalue weighted by Gasteiger charge is 2.53. The number of nitrogens with zero attached hydrogens (tertiary/aromatic N) is 2. The lowest BCUT2D eigenvalue weighted by Gasteiger charge is -2.35. The smallest absolute Gasteiger partial charge is 0.258 e. The van der Waals surface area contributed by atoms with Crippen molar-refractivity contribution in [1.29, 1.82) is 0 Å². The molecule has 2 aromatic rings. The maximum Gasteiger partial charge on any atom is 0.258 e. The molecule has 1 saturated carbocycles. The molecule has 200 valence electrons. The fourth-order valence-electron chi connectivity index (χ4n) is 4.62. The summed E-state index contributed by atoms with van der Waals surface area (Å²) < 4.78 is 29.2. The molecule has 2 N–H and O–H groups in total. The number of aromatic nitrogens is 1. The van der Waals surface area contributed by atoms with Crippen LogP contribution in [0.1, 0.15) is 56.9 Å². The number of aryl methyl sites for hydroxylation is 2. The van der Waals surface area contributed by atoms with Gasteiger partial charge < -0.3 is 15.5 Å². The predicted molar refractivity (Wildman–Crippen MR) is 138 cm³/mol.